The van der Waals surface area contributed by atoms with Gasteiger partial charge in [-0.3, -0.25) is 9.59 Å². The summed E-state index contributed by atoms with van der Waals surface area (Å²) in [4.78, 5) is 36.3. The number of amides is 2. The van der Waals surface area contributed by atoms with Crippen molar-refractivity contribution in [3.63, 3.8) is 0 Å². The van der Waals surface area contributed by atoms with E-state index < -0.39 is 17.8 Å². The highest BCUT2D eigenvalue weighted by molar-refractivity contribution is 9.10. The molecule has 7 nitrogen and oxygen atoms in total. The molecule has 0 heterocycles. The van der Waals surface area contributed by atoms with Crippen molar-refractivity contribution in [2.75, 3.05) is 5.32 Å². The summed E-state index contributed by atoms with van der Waals surface area (Å²) in [5.41, 5.74) is 4.42. The van der Waals surface area contributed by atoms with Gasteiger partial charge in [0.1, 0.15) is 5.75 Å². The zero-order valence-corrected chi connectivity index (χ0v) is 18.0. The molecule has 2 N–H and O–H groups in total. The first kappa shape index (κ1) is 21.9. The molecule has 0 spiro atoms. The van der Waals surface area contributed by atoms with Crippen LogP contribution < -0.4 is 15.5 Å². The molecule has 156 valence electrons. The fourth-order valence-corrected chi connectivity index (χ4v) is 2.94. The van der Waals surface area contributed by atoms with E-state index in [0.717, 1.165) is 10.0 Å². The standard InChI is InChI=1S/C23H18BrN3O4/c1-15-6-5-7-16(12-15)23(30)31-20-11-10-18(24)13-17(20)14-25-27-22(29)21(28)26-19-8-3-2-4-9-19/h2-14H,1H3,(H,26,28)(H,27,29)/b25-14+. The van der Waals surface area contributed by atoms with Crippen molar-refractivity contribution >= 4 is 45.6 Å². The van der Waals surface area contributed by atoms with E-state index in [1.54, 1.807) is 66.7 Å². The molecule has 0 unspecified atom stereocenters. The SMILES string of the molecule is Cc1cccc(C(=O)Oc2ccc(Br)cc2/C=N/NC(=O)C(=O)Nc2ccccc2)c1. The normalized spacial score (nSPS) is 10.5. The second kappa shape index (κ2) is 10.3. The second-order valence-corrected chi connectivity index (χ2v) is 7.38. The van der Waals surface area contributed by atoms with Crippen molar-refractivity contribution < 1.29 is 19.1 Å². The number of benzene rings is 3. The Morgan fingerprint density at radius 3 is 2.45 bits per heavy atom. The number of nitrogens with one attached hydrogen (secondary N) is 2. The van der Waals surface area contributed by atoms with Gasteiger partial charge < -0.3 is 10.1 Å². The molecule has 2 amide bonds. The van der Waals surface area contributed by atoms with E-state index in [1.165, 1.54) is 6.21 Å². The molecule has 0 saturated heterocycles. The molecule has 0 bridgehead atoms. The molecule has 31 heavy (non-hydrogen) atoms. The molecule has 0 aliphatic rings. The molecule has 0 saturated carbocycles. The Kier molecular flexibility index (Phi) is 7.29. The predicted molar refractivity (Wildman–Crippen MR) is 121 cm³/mol. The highest BCUT2D eigenvalue weighted by Gasteiger charge is 2.14. The van der Waals surface area contributed by atoms with Crippen LogP contribution in [0.25, 0.3) is 0 Å². The van der Waals surface area contributed by atoms with Crippen LogP contribution in [0.2, 0.25) is 0 Å². The molecule has 3 rings (SSSR count). The number of esters is 1. The molecule has 0 aromatic heterocycles. The molecule has 3 aromatic carbocycles. The van der Waals surface area contributed by atoms with Crippen LogP contribution in [-0.4, -0.2) is 24.0 Å². The average Bonchev–Trinajstić information content (AvgIpc) is 2.76. The van der Waals surface area contributed by atoms with Crippen molar-refractivity contribution in [2.45, 2.75) is 6.92 Å². The van der Waals surface area contributed by atoms with E-state index in [4.69, 9.17) is 4.74 Å². The average molecular weight is 480 g/mol. The highest BCUT2D eigenvalue weighted by Crippen LogP contribution is 2.23. The summed E-state index contributed by atoms with van der Waals surface area (Å²) in [6.07, 6.45) is 1.29. The minimum atomic E-state index is -0.937. The van der Waals surface area contributed by atoms with Crippen molar-refractivity contribution in [1.29, 1.82) is 0 Å². The Bertz CT molecular complexity index is 1150. The van der Waals surface area contributed by atoms with E-state index in [-0.39, 0.29) is 5.75 Å². The van der Waals surface area contributed by atoms with Gasteiger partial charge in [-0.25, -0.2) is 10.2 Å². The smallest absolute Gasteiger partial charge is 0.343 e. The van der Waals surface area contributed by atoms with Crippen LogP contribution in [0.1, 0.15) is 21.5 Å². The number of rotatable bonds is 5. The number of hydrogen-bond acceptors (Lipinski definition) is 5. The van der Waals surface area contributed by atoms with Gasteiger partial charge >= 0.3 is 17.8 Å². The minimum Gasteiger partial charge on any atom is -0.422 e. The van der Waals surface area contributed by atoms with Crippen LogP contribution in [0.15, 0.2) is 82.4 Å². The van der Waals surface area contributed by atoms with Gasteiger partial charge in [-0.15, -0.1) is 0 Å². The summed E-state index contributed by atoms with van der Waals surface area (Å²) in [6, 6.07) is 20.6. The third-order valence-corrected chi connectivity index (χ3v) is 4.53. The third kappa shape index (κ3) is 6.35. The van der Waals surface area contributed by atoms with Crippen LogP contribution >= 0.6 is 15.9 Å². The molecule has 0 radical (unpaired) electrons. The van der Waals surface area contributed by atoms with Crippen LogP contribution in [0.3, 0.4) is 0 Å². The van der Waals surface area contributed by atoms with Crippen molar-refractivity contribution in [2.24, 2.45) is 5.10 Å². The molecule has 0 aliphatic carbocycles. The number of carbonyl (C=O) groups is 3. The molecule has 0 fully saturated rings. The first-order valence-electron chi connectivity index (χ1n) is 9.20. The lowest BCUT2D eigenvalue weighted by Crippen LogP contribution is -2.32. The van der Waals surface area contributed by atoms with Gasteiger partial charge in [-0.05, 0) is 49.4 Å². The van der Waals surface area contributed by atoms with E-state index in [9.17, 15) is 14.4 Å². The fraction of sp³-hybridized carbons (Fsp3) is 0.0435. The largest absolute Gasteiger partial charge is 0.422 e. The zero-order valence-electron chi connectivity index (χ0n) is 16.5. The number of anilines is 1. The summed E-state index contributed by atoms with van der Waals surface area (Å²) in [5, 5.41) is 6.26. The Balaban J connectivity index is 1.67. The van der Waals surface area contributed by atoms with Gasteiger partial charge in [0, 0.05) is 15.7 Å². The maximum atomic E-state index is 12.4. The van der Waals surface area contributed by atoms with E-state index in [0.29, 0.717) is 16.8 Å². The number of hydrogen-bond donors (Lipinski definition) is 2. The Labute approximate surface area is 187 Å². The number of aryl methyl sites for hydroxylation is 1. The van der Waals surface area contributed by atoms with E-state index in [1.807, 2.05) is 13.0 Å². The summed E-state index contributed by atoms with van der Waals surface area (Å²) in [7, 11) is 0. The van der Waals surface area contributed by atoms with Crippen molar-refractivity contribution in [1.82, 2.24) is 5.43 Å². The number of halogens is 1. The van der Waals surface area contributed by atoms with Gasteiger partial charge in [0.2, 0.25) is 0 Å². The topological polar surface area (TPSA) is 96.9 Å². The number of ether oxygens (including phenoxy) is 1. The summed E-state index contributed by atoms with van der Waals surface area (Å²) in [5.74, 6) is -2.06. The van der Waals surface area contributed by atoms with Gasteiger partial charge in [0.25, 0.3) is 0 Å². The Morgan fingerprint density at radius 1 is 0.935 bits per heavy atom. The number of carbonyl (C=O) groups excluding carboxylic acids is 3. The first-order valence-corrected chi connectivity index (χ1v) is 9.99. The van der Waals surface area contributed by atoms with Crippen LogP contribution in [0.4, 0.5) is 5.69 Å². The van der Waals surface area contributed by atoms with Gasteiger partial charge in [-0.1, -0.05) is 51.8 Å². The lowest BCUT2D eigenvalue weighted by Gasteiger charge is -2.08. The van der Waals surface area contributed by atoms with Gasteiger partial charge in [-0.2, -0.15) is 5.10 Å². The molecule has 8 heteroatoms. The van der Waals surface area contributed by atoms with Gasteiger partial charge in [0.15, 0.2) is 0 Å². The molecule has 0 aliphatic heterocycles. The van der Waals surface area contributed by atoms with Crippen molar-refractivity contribution in [3.05, 3.63) is 94.0 Å². The number of para-hydroxylation sites is 1. The molecule has 0 atom stereocenters. The summed E-state index contributed by atoms with van der Waals surface area (Å²) >= 11 is 3.34. The van der Waals surface area contributed by atoms with E-state index >= 15 is 0 Å². The summed E-state index contributed by atoms with van der Waals surface area (Å²) < 4.78 is 6.20. The number of nitrogens with zero attached hydrogens (tertiary/aromatic N) is 1. The number of hydrazone groups is 1. The van der Waals surface area contributed by atoms with E-state index in [2.05, 4.69) is 31.8 Å². The second-order valence-electron chi connectivity index (χ2n) is 6.46. The zero-order chi connectivity index (χ0) is 22.2. The van der Waals surface area contributed by atoms with Crippen LogP contribution in [0, 0.1) is 6.92 Å². The molecule has 3 aromatic rings. The fourth-order valence-electron chi connectivity index (χ4n) is 2.56. The lowest BCUT2D eigenvalue weighted by molar-refractivity contribution is -0.136. The first-order chi connectivity index (χ1) is 14.9. The Morgan fingerprint density at radius 2 is 1.71 bits per heavy atom. The van der Waals surface area contributed by atoms with Crippen LogP contribution in [-0.2, 0) is 9.59 Å². The highest BCUT2D eigenvalue weighted by atomic mass is 79.9. The summed E-state index contributed by atoms with van der Waals surface area (Å²) in [6.45, 7) is 1.88. The maximum Gasteiger partial charge on any atom is 0.343 e. The lowest BCUT2D eigenvalue weighted by atomic mass is 10.1. The Hall–Kier alpha value is -3.78. The predicted octanol–water partition coefficient (Wildman–Crippen LogP) is 4.07. The monoisotopic (exact) mass is 479 g/mol. The minimum absolute atomic E-state index is 0.251. The molecular formula is C23H18BrN3O4. The molecular weight excluding hydrogens is 462 g/mol. The maximum absolute atomic E-state index is 12.4. The third-order valence-electron chi connectivity index (χ3n) is 4.04. The van der Waals surface area contributed by atoms with Crippen molar-refractivity contribution in [3.8, 4) is 5.75 Å². The van der Waals surface area contributed by atoms with Gasteiger partial charge in [0.05, 0.1) is 11.8 Å². The quantitative estimate of drug-likeness (QED) is 0.189. The van der Waals surface area contributed by atoms with Crippen LogP contribution in [0.5, 0.6) is 5.75 Å².